The molecule has 4 heteroatoms. The van der Waals surface area contributed by atoms with Crippen LogP contribution in [0.3, 0.4) is 0 Å². The van der Waals surface area contributed by atoms with E-state index in [0.29, 0.717) is 12.2 Å². The van der Waals surface area contributed by atoms with E-state index < -0.39 is 6.10 Å². The van der Waals surface area contributed by atoms with Crippen molar-refractivity contribution in [1.82, 2.24) is 0 Å². The highest BCUT2D eigenvalue weighted by molar-refractivity contribution is 8.13. The third-order valence-electron chi connectivity index (χ3n) is 2.14. The molecule has 14 heavy (non-hydrogen) atoms. The molecule has 78 valence electrons. The third kappa shape index (κ3) is 2.89. The number of rotatable bonds is 4. The summed E-state index contributed by atoms with van der Waals surface area (Å²) >= 11 is 1.14. The predicted molar refractivity (Wildman–Crippen MR) is 56.1 cm³/mol. The molecule has 0 aliphatic heterocycles. The number of aliphatic hydroxyl groups excluding tert-OH is 1. The Labute approximate surface area is 87.5 Å². The maximum Gasteiger partial charge on any atom is 0.194 e. The van der Waals surface area contributed by atoms with E-state index in [1.807, 2.05) is 0 Å². The number of carbonyl (C=O) groups is 1. The summed E-state index contributed by atoms with van der Waals surface area (Å²) in [7, 11) is 0. The summed E-state index contributed by atoms with van der Waals surface area (Å²) in [6.45, 7) is 1.73. The highest BCUT2D eigenvalue weighted by Crippen LogP contribution is 2.16. The molecule has 3 nitrogen and oxygen atoms in total. The molecule has 1 aromatic rings. The van der Waals surface area contributed by atoms with Gasteiger partial charge in [-0.15, -0.1) is 0 Å². The summed E-state index contributed by atoms with van der Waals surface area (Å²) in [5, 5.41) is 9.70. The van der Waals surface area contributed by atoms with E-state index in [2.05, 4.69) is 0 Å². The van der Waals surface area contributed by atoms with Crippen LogP contribution in [0.15, 0.2) is 22.8 Å². The van der Waals surface area contributed by atoms with Crippen molar-refractivity contribution in [2.24, 2.45) is 5.92 Å². The molecule has 0 bridgehead atoms. The average Bonchev–Trinajstić information content (AvgIpc) is 2.68. The van der Waals surface area contributed by atoms with E-state index >= 15 is 0 Å². The molecule has 1 aromatic heterocycles. The van der Waals surface area contributed by atoms with Gasteiger partial charge in [0.1, 0.15) is 5.76 Å². The fraction of sp³-hybridized carbons (Fsp3) is 0.500. The molecular formula is C10H14O3S. The Bertz CT molecular complexity index is 282. The molecule has 2 atom stereocenters. The van der Waals surface area contributed by atoms with E-state index in [0.717, 1.165) is 11.8 Å². The maximum atomic E-state index is 11.3. The molecule has 1 rings (SSSR count). The number of thioether (sulfide) groups is 1. The van der Waals surface area contributed by atoms with E-state index in [1.165, 1.54) is 0 Å². The fourth-order valence-electron chi connectivity index (χ4n) is 1.15. The van der Waals surface area contributed by atoms with Crippen molar-refractivity contribution in [3.63, 3.8) is 0 Å². The second kappa shape index (κ2) is 5.22. The average molecular weight is 214 g/mol. The van der Waals surface area contributed by atoms with Crippen molar-refractivity contribution < 1.29 is 14.3 Å². The summed E-state index contributed by atoms with van der Waals surface area (Å²) in [4.78, 5) is 11.3. The van der Waals surface area contributed by atoms with Gasteiger partial charge < -0.3 is 9.52 Å². The van der Waals surface area contributed by atoms with Crippen LogP contribution < -0.4 is 0 Å². The lowest BCUT2D eigenvalue weighted by Gasteiger charge is -2.15. The topological polar surface area (TPSA) is 50.4 Å². The molecule has 0 saturated carbocycles. The van der Waals surface area contributed by atoms with E-state index in [-0.39, 0.29) is 11.0 Å². The number of hydrogen-bond acceptors (Lipinski definition) is 4. The molecule has 0 aromatic carbocycles. The van der Waals surface area contributed by atoms with Crippen LogP contribution in [0.5, 0.6) is 0 Å². The lowest BCUT2D eigenvalue weighted by atomic mass is 10.0. The first-order valence-electron chi connectivity index (χ1n) is 4.43. The van der Waals surface area contributed by atoms with Gasteiger partial charge in [-0.3, -0.25) is 4.79 Å². The molecule has 0 unspecified atom stereocenters. The first-order valence-corrected chi connectivity index (χ1v) is 5.66. The molecule has 0 fully saturated rings. The van der Waals surface area contributed by atoms with Crippen LogP contribution >= 0.6 is 11.8 Å². The normalized spacial score (nSPS) is 15.1. The molecule has 0 amide bonds. The van der Waals surface area contributed by atoms with Crippen LogP contribution in [-0.4, -0.2) is 22.6 Å². The molecule has 1 N–H and O–H groups in total. The van der Waals surface area contributed by atoms with Gasteiger partial charge in [0.2, 0.25) is 0 Å². The van der Waals surface area contributed by atoms with Crippen LogP contribution in [-0.2, 0) is 11.2 Å². The summed E-state index contributed by atoms with van der Waals surface area (Å²) in [6.07, 6.45) is 3.00. The maximum absolute atomic E-state index is 11.3. The van der Waals surface area contributed by atoms with Crippen molar-refractivity contribution in [3.8, 4) is 0 Å². The molecule has 1 heterocycles. The number of aliphatic hydroxyl groups is 1. The second-order valence-electron chi connectivity index (χ2n) is 3.16. The molecule has 0 aliphatic rings. The van der Waals surface area contributed by atoms with Crippen LogP contribution in [0, 0.1) is 5.92 Å². The lowest BCUT2D eigenvalue weighted by Crippen LogP contribution is -2.25. The van der Waals surface area contributed by atoms with Gasteiger partial charge in [-0.25, -0.2) is 0 Å². The molecule has 0 spiro atoms. The Balaban J connectivity index is 2.49. The van der Waals surface area contributed by atoms with Gasteiger partial charge in [-0.2, -0.15) is 0 Å². The second-order valence-corrected chi connectivity index (χ2v) is 3.97. The third-order valence-corrected chi connectivity index (χ3v) is 2.91. The minimum absolute atomic E-state index is 0.00376. The van der Waals surface area contributed by atoms with Gasteiger partial charge in [-0.1, -0.05) is 18.7 Å². The van der Waals surface area contributed by atoms with Crippen molar-refractivity contribution in [1.29, 1.82) is 0 Å². The zero-order chi connectivity index (χ0) is 10.6. The number of carbonyl (C=O) groups excluding carboxylic acids is 1. The smallest absolute Gasteiger partial charge is 0.194 e. The summed E-state index contributed by atoms with van der Waals surface area (Å²) < 4.78 is 5.09. The summed E-state index contributed by atoms with van der Waals surface area (Å²) in [5.41, 5.74) is 0. The van der Waals surface area contributed by atoms with Crippen molar-refractivity contribution in [2.45, 2.75) is 19.4 Å². The molecule has 0 aliphatic carbocycles. The van der Waals surface area contributed by atoms with Gasteiger partial charge in [0, 0.05) is 6.42 Å². The van der Waals surface area contributed by atoms with Crippen LogP contribution in [0.2, 0.25) is 0 Å². The van der Waals surface area contributed by atoms with Gasteiger partial charge >= 0.3 is 0 Å². The molecule has 0 radical (unpaired) electrons. The summed E-state index contributed by atoms with van der Waals surface area (Å²) in [5.74, 6) is 0.355. The standard InChI is InChI=1S/C10H14O3S/c1-7(10(12)14-2)9(11)6-8-4-3-5-13-8/h3-5,7,9,11H,6H2,1-2H3/t7-,9+/m0/s1. The summed E-state index contributed by atoms with van der Waals surface area (Å²) in [6, 6.07) is 3.56. The predicted octanol–water partition coefficient (Wildman–Crippen LogP) is 1.71. The van der Waals surface area contributed by atoms with Gasteiger partial charge in [0.25, 0.3) is 0 Å². The molecule has 0 saturated heterocycles. The van der Waals surface area contributed by atoms with E-state index in [9.17, 15) is 9.90 Å². The largest absolute Gasteiger partial charge is 0.469 e. The molecular weight excluding hydrogens is 200 g/mol. The number of hydrogen-bond donors (Lipinski definition) is 1. The van der Waals surface area contributed by atoms with E-state index in [4.69, 9.17) is 4.42 Å². The Kier molecular flexibility index (Phi) is 4.22. The van der Waals surface area contributed by atoms with Crippen molar-refractivity contribution >= 4 is 16.9 Å². The Hall–Kier alpha value is -0.740. The van der Waals surface area contributed by atoms with Crippen molar-refractivity contribution in [3.05, 3.63) is 24.2 Å². The first kappa shape index (κ1) is 11.3. The minimum Gasteiger partial charge on any atom is -0.469 e. The van der Waals surface area contributed by atoms with Gasteiger partial charge in [0.05, 0.1) is 18.3 Å². The first-order chi connectivity index (χ1) is 6.65. The van der Waals surface area contributed by atoms with Gasteiger partial charge in [0.15, 0.2) is 5.12 Å². The minimum atomic E-state index is -0.666. The Morgan fingerprint density at radius 3 is 2.93 bits per heavy atom. The van der Waals surface area contributed by atoms with Crippen molar-refractivity contribution in [2.75, 3.05) is 6.26 Å². The highest BCUT2D eigenvalue weighted by Gasteiger charge is 2.22. The SMILES string of the molecule is CSC(=O)[C@@H](C)[C@H](O)Cc1ccco1. The number of furan rings is 1. The quantitative estimate of drug-likeness (QED) is 0.829. The Morgan fingerprint density at radius 1 is 1.71 bits per heavy atom. The van der Waals surface area contributed by atoms with Crippen LogP contribution in [0.25, 0.3) is 0 Å². The van der Waals surface area contributed by atoms with E-state index in [1.54, 1.807) is 31.6 Å². The van der Waals surface area contributed by atoms with Crippen LogP contribution in [0.4, 0.5) is 0 Å². The Morgan fingerprint density at radius 2 is 2.43 bits per heavy atom. The zero-order valence-electron chi connectivity index (χ0n) is 8.27. The highest BCUT2D eigenvalue weighted by atomic mass is 32.2. The monoisotopic (exact) mass is 214 g/mol. The zero-order valence-corrected chi connectivity index (χ0v) is 9.08. The fourth-order valence-corrected chi connectivity index (χ4v) is 1.68. The van der Waals surface area contributed by atoms with Gasteiger partial charge in [-0.05, 0) is 18.4 Å². The van der Waals surface area contributed by atoms with Crippen LogP contribution in [0.1, 0.15) is 12.7 Å². The lowest BCUT2D eigenvalue weighted by molar-refractivity contribution is -0.116.